The van der Waals surface area contributed by atoms with E-state index in [2.05, 4.69) is 27.4 Å². The van der Waals surface area contributed by atoms with Crippen molar-refractivity contribution in [1.82, 2.24) is 20.0 Å². The minimum atomic E-state index is -0.293. The van der Waals surface area contributed by atoms with Crippen LogP contribution >= 0.6 is 11.3 Å². The molecule has 4 aromatic rings. The number of halogens is 1. The van der Waals surface area contributed by atoms with Crippen LogP contribution in [0.15, 0.2) is 54.6 Å². The van der Waals surface area contributed by atoms with E-state index in [1.54, 1.807) is 16.8 Å². The van der Waals surface area contributed by atoms with Gasteiger partial charge in [0, 0.05) is 31.6 Å². The van der Waals surface area contributed by atoms with Crippen LogP contribution in [-0.2, 0) is 17.8 Å². The average Bonchev–Trinajstić information content (AvgIpc) is 3.40. The van der Waals surface area contributed by atoms with E-state index < -0.39 is 0 Å². The molecule has 6 nitrogen and oxygen atoms in total. The summed E-state index contributed by atoms with van der Waals surface area (Å²) < 4.78 is 20.5. The molecule has 0 unspecified atom stereocenters. The third-order valence-corrected chi connectivity index (χ3v) is 7.00. The van der Waals surface area contributed by atoms with Crippen LogP contribution in [0.5, 0.6) is 0 Å². The summed E-state index contributed by atoms with van der Waals surface area (Å²) in [6.45, 7) is 6.61. The predicted molar refractivity (Wildman–Crippen MR) is 127 cm³/mol. The Bertz CT molecular complexity index is 1280. The maximum absolute atomic E-state index is 13.3. The van der Waals surface area contributed by atoms with Crippen LogP contribution in [0.2, 0.25) is 0 Å². The lowest BCUT2D eigenvalue weighted by atomic mass is 10.1. The first kappa shape index (κ1) is 21.8. The number of benzene rings is 2. The van der Waals surface area contributed by atoms with Gasteiger partial charge in [-0.3, -0.25) is 9.69 Å². The van der Waals surface area contributed by atoms with Gasteiger partial charge in [0.25, 0.3) is 5.91 Å². The molecule has 3 heterocycles. The third-order valence-electron chi connectivity index (χ3n) is 5.90. The summed E-state index contributed by atoms with van der Waals surface area (Å²) >= 11 is 1.39. The Morgan fingerprint density at radius 3 is 2.61 bits per heavy atom. The smallest absolute Gasteiger partial charge is 0.261 e. The number of ether oxygens (including phenoxy) is 1. The van der Waals surface area contributed by atoms with E-state index in [0.717, 1.165) is 60.0 Å². The van der Waals surface area contributed by atoms with Crippen molar-refractivity contribution in [2.75, 3.05) is 26.3 Å². The van der Waals surface area contributed by atoms with Crippen LogP contribution < -0.4 is 5.32 Å². The number of fused-ring (bicyclic) bond motifs is 1. The Labute approximate surface area is 195 Å². The molecule has 2 aromatic carbocycles. The molecule has 0 aliphatic carbocycles. The standard InChI is InChI=1S/C25H25FN4O2S/c1-17-22-14-23(33-25(22)30(28-17)21-8-6-20(26)7-9-21)24(31)27-15-18-4-2-3-5-19(18)16-29-10-12-32-13-11-29/h2-9,14H,10-13,15-16H2,1H3,(H,27,31). The monoisotopic (exact) mass is 464 g/mol. The van der Waals surface area contributed by atoms with Gasteiger partial charge >= 0.3 is 0 Å². The summed E-state index contributed by atoms with van der Waals surface area (Å²) in [5, 5.41) is 8.58. The number of amides is 1. The number of nitrogens with zero attached hydrogens (tertiary/aromatic N) is 3. The predicted octanol–water partition coefficient (Wildman–Crippen LogP) is 4.30. The van der Waals surface area contributed by atoms with E-state index in [0.29, 0.717) is 11.4 Å². The van der Waals surface area contributed by atoms with E-state index in [-0.39, 0.29) is 11.7 Å². The second-order valence-corrected chi connectivity index (χ2v) is 9.17. The lowest BCUT2D eigenvalue weighted by Gasteiger charge is -2.27. The highest BCUT2D eigenvalue weighted by Crippen LogP contribution is 2.30. The molecule has 1 N–H and O–H groups in total. The van der Waals surface area contributed by atoms with Crippen molar-refractivity contribution in [3.63, 3.8) is 0 Å². The van der Waals surface area contributed by atoms with Gasteiger partial charge in [0.1, 0.15) is 10.6 Å². The zero-order chi connectivity index (χ0) is 22.8. The van der Waals surface area contributed by atoms with Crippen LogP contribution in [0.4, 0.5) is 4.39 Å². The molecule has 1 fully saturated rings. The molecule has 170 valence electrons. The number of nitrogens with one attached hydrogen (secondary N) is 1. The summed E-state index contributed by atoms with van der Waals surface area (Å²) in [6.07, 6.45) is 0. The Morgan fingerprint density at radius 1 is 1.12 bits per heavy atom. The Balaban J connectivity index is 1.32. The zero-order valence-corrected chi connectivity index (χ0v) is 19.2. The average molecular weight is 465 g/mol. The number of rotatable bonds is 6. The summed E-state index contributed by atoms with van der Waals surface area (Å²) in [6, 6.07) is 16.3. The van der Waals surface area contributed by atoms with Gasteiger partial charge in [0.15, 0.2) is 0 Å². The number of hydrogen-bond donors (Lipinski definition) is 1. The largest absolute Gasteiger partial charge is 0.379 e. The lowest BCUT2D eigenvalue weighted by molar-refractivity contribution is 0.0340. The number of aromatic nitrogens is 2. The molecule has 1 aliphatic heterocycles. The minimum Gasteiger partial charge on any atom is -0.379 e. The van der Waals surface area contributed by atoms with E-state index in [1.807, 2.05) is 25.1 Å². The number of hydrogen-bond acceptors (Lipinski definition) is 5. The second-order valence-electron chi connectivity index (χ2n) is 8.14. The van der Waals surface area contributed by atoms with Gasteiger partial charge in [-0.05, 0) is 48.4 Å². The molecule has 1 aliphatic rings. The van der Waals surface area contributed by atoms with E-state index >= 15 is 0 Å². The van der Waals surface area contributed by atoms with Crippen LogP contribution in [0, 0.1) is 12.7 Å². The van der Waals surface area contributed by atoms with Crippen molar-refractivity contribution in [2.24, 2.45) is 0 Å². The van der Waals surface area contributed by atoms with Gasteiger partial charge in [0.05, 0.1) is 29.5 Å². The molecule has 0 atom stereocenters. The highest BCUT2D eigenvalue weighted by molar-refractivity contribution is 7.20. The molecule has 1 amide bonds. The van der Waals surface area contributed by atoms with Crippen molar-refractivity contribution >= 4 is 27.5 Å². The maximum atomic E-state index is 13.3. The highest BCUT2D eigenvalue weighted by atomic mass is 32.1. The lowest BCUT2D eigenvalue weighted by Crippen LogP contribution is -2.36. The fourth-order valence-corrected chi connectivity index (χ4v) is 5.16. The van der Waals surface area contributed by atoms with Crippen LogP contribution in [-0.4, -0.2) is 46.9 Å². The number of aryl methyl sites for hydroxylation is 1. The SMILES string of the molecule is Cc1nn(-c2ccc(F)cc2)c2sc(C(=O)NCc3ccccc3CN3CCOCC3)cc12. The van der Waals surface area contributed by atoms with Crippen molar-refractivity contribution in [3.05, 3.63) is 82.1 Å². The molecule has 0 saturated carbocycles. The molecule has 0 bridgehead atoms. The Hall–Kier alpha value is -3.07. The molecule has 0 spiro atoms. The number of carbonyl (C=O) groups is 1. The molecule has 0 radical (unpaired) electrons. The fourth-order valence-electron chi connectivity index (χ4n) is 4.06. The topological polar surface area (TPSA) is 59.4 Å². The summed E-state index contributed by atoms with van der Waals surface area (Å²) in [7, 11) is 0. The summed E-state index contributed by atoms with van der Waals surface area (Å²) in [5.41, 5.74) is 3.94. The van der Waals surface area contributed by atoms with E-state index in [1.165, 1.54) is 29.0 Å². The number of morpholine rings is 1. The Morgan fingerprint density at radius 2 is 1.85 bits per heavy atom. The van der Waals surface area contributed by atoms with Crippen LogP contribution in [0.3, 0.4) is 0 Å². The third kappa shape index (κ3) is 4.68. The normalized spacial score (nSPS) is 14.6. The molecule has 5 rings (SSSR count). The molecule has 33 heavy (non-hydrogen) atoms. The zero-order valence-electron chi connectivity index (χ0n) is 18.4. The number of thiophene rings is 1. The number of carbonyl (C=O) groups excluding carboxylic acids is 1. The summed E-state index contributed by atoms with van der Waals surface area (Å²) in [4.78, 5) is 16.9. The fraction of sp³-hybridized carbons (Fsp3) is 0.280. The van der Waals surface area contributed by atoms with Gasteiger partial charge in [-0.15, -0.1) is 11.3 Å². The summed E-state index contributed by atoms with van der Waals surface area (Å²) in [5.74, 6) is -0.401. The second kappa shape index (κ2) is 9.43. The minimum absolute atomic E-state index is 0.109. The highest BCUT2D eigenvalue weighted by Gasteiger charge is 2.18. The van der Waals surface area contributed by atoms with Gasteiger partial charge < -0.3 is 10.1 Å². The van der Waals surface area contributed by atoms with Crippen LogP contribution in [0.25, 0.3) is 15.9 Å². The van der Waals surface area contributed by atoms with Gasteiger partial charge in [0.2, 0.25) is 0 Å². The molecular weight excluding hydrogens is 439 g/mol. The van der Waals surface area contributed by atoms with Crippen molar-refractivity contribution in [1.29, 1.82) is 0 Å². The maximum Gasteiger partial charge on any atom is 0.261 e. The molecule has 2 aromatic heterocycles. The van der Waals surface area contributed by atoms with E-state index in [4.69, 9.17) is 4.74 Å². The Kier molecular flexibility index (Phi) is 6.22. The first-order valence-electron chi connectivity index (χ1n) is 11.0. The van der Waals surface area contributed by atoms with Gasteiger partial charge in [-0.2, -0.15) is 5.10 Å². The van der Waals surface area contributed by atoms with Gasteiger partial charge in [-0.1, -0.05) is 24.3 Å². The first-order valence-corrected chi connectivity index (χ1v) is 11.8. The quantitative estimate of drug-likeness (QED) is 0.462. The molecular formula is C25H25FN4O2S. The molecule has 8 heteroatoms. The molecule has 1 saturated heterocycles. The van der Waals surface area contributed by atoms with Crippen molar-refractivity contribution in [3.8, 4) is 5.69 Å². The van der Waals surface area contributed by atoms with E-state index in [9.17, 15) is 9.18 Å². The van der Waals surface area contributed by atoms with Crippen LogP contribution in [0.1, 0.15) is 26.5 Å². The van der Waals surface area contributed by atoms with Crippen molar-refractivity contribution in [2.45, 2.75) is 20.0 Å². The first-order chi connectivity index (χ1) is 16.1. The van der Waals surface area contributed by atoms with Crippen molar-refractivity contribution < 1.29 is 13.9 Å². The van der Waals surface area contributed by atoms with Gasteiger partial charge in [-0.25, -0.2) is 9.07 Å².